The van der Waals surface area contributed by atoms with Crippen LogP contribution in [0.25, 0.3) is 6.08 Å². The minimum absolute atomic E-state index is 0.0453. The highest BCUT2D eigenvalue weighted by atomic mass is 32.2. The average Bonchev–Trinajstić information content (AvgIpc) is 2.96. The molecular weight excluding hydrogens is 328 g/mol. The number of amides is 1. The Bertz CT molecular complexity index is 854. The number of carbonyl (C=O) groups excluding carboxylic acids is 1. The lowest BCUT2D eigenvalue weighted by atomic mass is 10.1. The van der Waals surface area contributed by atoms with E-state index in [1.54, 1.807) is 54.3 Å². The summed E-state index contributed by atoms with van der Waals surface area (Å²) in [4.78, 5) is 13.9. The second kappa shape index (κ2) is 6.98. The summed E-state index contributed by atoms with van der Waals surface area (Å²) in [7, 11) is -0.226. The van der Waals surface area contributed by atoms with Crippen molar-refractivity contribution in [3.63, 3.8) is 0 Å². The van der Waals surface area contributed by atoms with Gasteiger partial charge in [-0.3, -0.25) is 9.48 Å². The molecule has 0 aliphatic heterocycles. The van der Waals surface area contributed by atoms with Gasteiger partial charge in [-0.05, 0) is 30.7 Å². The number of likely N-dealkylation sites (N-methyl/N-ethyl adjacent to an activating group) is 1. The first-order valence-corrected chi connectivity index (χ1v) is 8.79. The Labute approximate surface area is 141 Å². The summed E-state index contributed by atoms with van der Waals surface area (Å²) >= 11 is 0. The molecule has 0 radical (unpaired) electrons. The number of nitrogens with two attached hydrogens (primary N) is 1. The van der Waals surface area contributed by atoms with Crippen LogP contribution in [-0.4, -0.2) is 36.1 Å². The van der Waals surface area contributed by atoms with Gasteiger partial charge < -0.3 is 4.90 Å². The molecule has 2 aromatic rings. The number of primary sulfonamides is 1. The molecule has 1 aromatic heterocycles. The molecule has 0 aliphatic rings. The van der Waals surface area contributed by atoms with Gasteiger partial charge in [0.05, 0.1) is 17.1 Å². The molecule has 2 N–H and O–H groups in total. The fourth-order valence-electron chi connectivity index (χ4n) is 2.16. The maximum absolute atomic E-state index is 12.3. The Balaban J connectivity index is 2.09. The number of benzene rings is 1. The maximum atomic E-state index is 12.3. The lowest BCUT2D eigenvalue weighted by molar-refractivity contribution is -0.126. The Hall–Kier alpha value is -2.45. The average molecular weight is 348 g/mol. The molecule has 7 nitrogen and oxygen atoms in total. The van der Waals surface area contributed by atoms with Crippen molar-refractivity contribution >= 4 is 22.0 Å². The quantitative estimate of drug-likeness (QED) is 0.823. The number of hydrogen-bond donors (Lipinski definition) is 1. The molecule has 1 aromatic carbocycles. The van der Waals surface area contributed by atoms with E-state index in [1.807, 2.05) is 6.92 Å². The molecule has 1 heterocycles. The molecule has 0 unspecified atom stereocenters. The van der Waals surface area contributed by atoms with E-state index < -0.39 is 10.0 Å². The van der Waals surface area contributed by atoms with Crippen molar-refractivity contribution in [1.82, 2.24) is 14.7 Å². The Morgan fingerprint density at radius 1 is 1.33 bits per heavy atom. The first-order valence-electron chi connectivity index (χ1n) is 7.25. The standard InChI is InChI=1S/C16H20N4O3S/c1-12(14-5-7-15(8-6-14)24(17,22)23)20(3)16(21)9-4-13-10-18-19(2)11-13/h4-12H,1-3H3,(H2,17,22,23)/b9-4+/t12-/m1/s1. The van der Waals surface area contributed by atoms with Crippen LogP contribution in [-0.2, 0) is 21.9 Å². The van der Waals surface area contributed by atoms with Gasteiger partial charge in [-0.15, -0.1) is 0 Å². The van der Waals surface area contributed by atoms with Crippen LogP contribution in [0.2, 0.25) is 0 Å². The number of rotatable bonds is 5. The summed E-state index contributed by atoms with van der Waals surface area (Å²) in [6.07, 6.45) is 6.65. The first kappa shape index (κ1) is 17.9. The van der Waals surface area contributed by atoms with E-state index in [-0.39, 0.29) is 16.8 Å². The number of nitrogens with zero attached hydrogens (tertiary/aromatic N) is 3. The summed E-state index contributed by atoms with van der Waals surface area (Å²) in [5, 5.41) is 9.11. The lowest BCUT2D eigenvalue weighted by Gasteiger charge is -2.24. The van der Waals surface area contributed by atoms with Crippen molar-refractivity contribution in [2.45, 2.75) is 17.9 Å². The number of sulfonamides is 1. The Morgan fingerprint density at radius 3 is 2.46 bits per heavy atom. The number of aryl methyl sites for hydroxylation is 1. The summed E-state index contributed by atoms with van der Waals surface area (Å²) in [6, 6.07) is 5.96. The van der Waals surface area contributed by atoms with Crippen molar-refractivity contribution in [1.29, 1.82) is 0 Å². The molecule has 0 saturated carbocycles. The highest BCUT2D eigenvalue weighted by Crippen LogP contribution is 2.20. The molecule has 0 fully saturated rings. The Kier molecular flexibility index (Phi) is 5.20. The van der Waals surface area contributed by atoms with Gasteiger partial charge in [0.15, 0.2) is 0 Å². The van der Waals surface area contributed by atoms with Crippen LogP contribution in [0.4, 0.5) is 0 Å². The molecule has 24 heavy (non-hydrogen) atoms. The van der Waals surface area contributed by atoms with E-state index >= 15 is 0 Å². The molecular formula is C16H20N4O3S. The van der Waals surface area contributed by atoms with Crippen LogP contribution in [0.3, 0.4) is 0 Å². The van der Waals surface area contributed by atoms with Gasteiger partial charge in [-0.2, -0.15) is 5.10 Å². The molecule has 8 heteroatoms. The van der Waals surface area contributed by atoms with Crippen LogP contribution in [0.1, 0.15) is 24.1 Å². The summed E-state index contributed by atoms with van der Waals surface area (Å²) < 4.78 is 24.2. The number of carbonyl (C=O) groups is 1. The van der Waals surface area contributed by atoms with E-state index in [0.29, 0.717) is 0 Å². The van der Waals surface area contributed by atoms with Crippen LogP contribution >= 0.6 is 0 Å². The second-order valence-electron chi connectivity index (χ2n) is 5.52. The zero-order valence-corrected chi connectivity index (χ0v) is 14.6. The van der Waals surface area contributed by atoms with Crippen molar-refractivity contribution in [2.24, 2.45) is 12.2 Å². The fraction of sp³-hybridized carbons (Fsp3) is 0.250. The summed E-state index contributed by atoms with van der Waals surface area (Å²) in [6.45, 7) is 1.86. The van der Waals surface area contributed by atoms with Gasteiger partial charge >= 0.3 is 0 Å². The van der Waals surface area contributed by atoms with E-state index in [2.05, 4.69) is 5.10 Å². The Morgan fingerprint density at radius 2 is 1.96 bits per heavy atom. The smallest absolute Gasteiger partial charge is 0.246 e. The van der Waals surface area contributed by atoms with E-state index in [4.69, 9.17) is 5.14 Å². The maximum Gasteiger partial charge on any atom is 0.246 e. The van der Waals surface area contributed by atoms with Gasteiger partial charge in [0.25, 0.3) is 0 Å². The lowest BCUT2D eigenvalue weighted by Crippen LogP contribution is -2.28. The largest absolute Gasteiger partial charge is 0.335 e. The second-order valence-corrected chi connectivity index (χ2v) is 7.08. The first-order chi connectivity index (χ1) is 11.2. The predicted molar refractivity (Wildman–Crippen MR) is 91.2 cm³/mol. The molecule has 2 rings (SSSR count). The molecule has 128 valence electrons. The van der Waals surface area contributed by atoms with E-state index in [1.165, 1.54) is 18.2 Å². The van der Waals surface area contributed by atoms with Crippen molar-refractivity contribution in [3.8, 4) is 0 Å². The SMILES string of the molecule is C[C@H](c1ccc(S(N)(=O)=O)cc1)N(C)C(=O)/C=C/c1cnn(C)c1. The third-order valence-electron chi connectivity index (χ3n) is 3.76. The third-order valence-corrected chi connectivity index (χ3v) is 4.69. The molecule has 0 saturated heterocycles. The predicted octanol–water partition coefficient (Wildman–Crippen LogP) is 1.30. The minimum Gasteiger partial charge on any atom is -0.335 e. The highest BCUT2D eigenvalue weighted by Gasteiger charge is 2.16. The molecule has 0 bridgehead atoms. The zero-order chi connectivity index (χ0) is 17.9. The van der Waals surface area contributed by atoms with Crippen LogP contribution < -0.4 is 5.14 Å². The van der Waals surface area contributed by atoms with Crippen LogP contribution in [0.5, 0.6) is 0 Å². The van der Waals surface area contributed by atoms with Gasteiger partial charge in [-0.1, -0.05) is 12.1 Å². The van der Waals surface area contributed by atoms with Crippen molar-refractivity contribution in [2.75, 3.05) is 7.05 Å². The van der Waals surface area contributed by atoms with Crippen molar-refractivity contribution in [3.05, 3.63) is 53.9 Å². The van der Waals surface area contributed by atoms with Gasteiger partial charge in [-0.25, -0.2) is 13.6 Å². The molecule has 0 spiro atoms. The third kappa shape index (κ3) is 4.30. The fourth-order valence-corrected chi connectivity index (χ4v) is 2.68. The van der Waals surface area contributed by atoms with Gasteiger partial charge in [0, 0.05) is 31.9 Å². The number of aromatic nitrogens is 2. The summed E-state index contributed by atoms with van der Waals surface area (Å²) in [5.41, 5.74) is 1.65. The topological polar surface area (TPSA) is 98.3 Å². The molecule has 0 aliphatic carbocycles. The zero-order valence-electron chi connectivity index (χ0n) is 13.7. The van der Waals surface area contributed by atoms with Crippen molar-refractivity contribution < 1.29 is 13.2 Å². The van der Waals surface area contributed by atoms with Gasteiger partial charge in [0.1, 0.15) is 0 Å². The van der Waals surface area contributed by atoms with Crippen LogP contribution in [0.15, 0.2) is 47.6 Å². The van der Waals surface area contributed by atoms with E-state index in [9.17, 15) is 13.2 Å². The highest BCUT2D eigenvalue weighted by molar-refractivity contribution is 7.89. The molecule has 1 amide bonds. The number of hydrogen-bond acceptors (Lipinski definition) is 4. The monoisotopic (exact) mass is 348 g/mol. The van der Waals surface area contributed by atoms with Crippen LogP contribution in [0, 0.1) is 0 Å². The van der Waals surface area contributed by atoms with Gasteiger partial charge in [0.2, 0.25) is 15.9 Å². The normalized spacial score (nSPS) is 13.2. The minimum atomic E-state index is -3.72. The molecule has 1 atom stereocenters. The summed E-state index contributed by atoms with van der Waals surface area (Å²) in [5.74, 6) is -0.165. The van der Waals surface area contributed by atoms with E-state index in [0.717, 1.165) is 11.1 Å².